The summed E-state index contributed by atoms with van der Waals surface area (Å²) in [7, 11) is 0. The molecule has 3 heterocycles. The average molecular weight is 891 g/mol. The summed E-state index contributed by atoms with van der Waals surface area (Å²) in [5, 5.41) is 2.04. The predicted octanol–water partition coefficient (Wildman–Crippen LogP) is 13.2. The molecule has 0 saturated carbocycles. The van der Waals surface area contributed by atoms with Crippen LogP contribution < -0.4 is 0 Å². The number of aryl methyl sites for hydroxylation is 2. The van der Waals surface area contributed by atoms with Crippen LogP contribution in [0.5, 0.6) is 0 Å². The second-order valence-corrected chi connectivity index (χ2v) is 14.7. The van der Waals surface area contributed by atoms with E-state index in [0.29, 0.717) is 28.1 Å². The third kappa shape index (κ3) is 8.47. The maximum Gasteiger partial charge on any atom is 0.125 e. The largest absolute Gasteiger partial charge is 0.500 e. The smallest absolute Gasteiger partial charge is 0.125 e. The maximum absolute atomic E-state index is 8.77. The second-order valence-electron chi connectivity index (χ2n) is 14.7. The summed E-state index contributed by atoms with van der Waals surface area (Å²) in [5.41, 5.74) is 8.92. The zero-order valence-electron chi connectivity index (χ0n) is 38.9. The van der Waals surface area contributed by atoms with E-state index in [4.69, 9.17) is 15.4 Å². The molecule has 3 nitrogen and oxygen atoms in total. The number of pyridine rings is 2. The van der Waals surface area contributed by atoms with Gasteiger partial charge in [0.2, 0.25) is 0 Å². The van der Waals surface area contributed by atoms with Gasteiger partial charge in [-0.05, 0) is 58.3 Å². The van der Waals surface area contributed by atoms with Gasteiger partial charge >= 0.3 is 0 Å². The summed E-state index contributed by atoms with van der Waals surface area (Å²) in [6, 6.07) is 46.9. The van der Waals surface area contributed by atoms with Gasteiger partial charge in [0.15, 0.2) is 0 Å². The van der Waals surface area contributed by atoms with Crippen LogP contribution in [0.15, 0.2) is 144 Å². The molecule has 0 unspecified atom stereocenters. The third-order valence-corrected chi connectivity index (χ3v) is 9.23. The van der Waals surface area contributed by atoms with Crippen LogP contribution in [0.4, 0.5) is 0 Å². The van der Waals surface area contributed by atoms with Gasteiger partial charge in [-0.15, -0.1) is 53.6 Å². The quantitative estimate of drug-likeness (QED) is 0.156. The molecule has 54 heavy (non-hydrogen) atoms. The van der Waals surface area contributed by atoms with Crippen LogP contribution in [0.25, 0.3) is 55.6 Å². The van der Waals surface area contributed by atoms with E-state index in [9.17, 15) is 0 Å². The SMILES string of the molecule is [2H]C([2H])([2H])c1c[c-]c(-c2ccc(C([2H])([2H])[2H])cn2)cc1.[2H]C([2H])(c1ccnc(-c2[c-]ccc3c2oc2c(C(C)(C)c4ccc(-c5ccccc5)cc4)cccc23)c1)C(C)(C)C.[Ir]. The Balaban J connectivity index is 0.000000258. The molecule has 0 N–H and O–H groups in total. The molecule has 273 valence electrons. The Labute approximate surface area is 345 Å². The Morgan fingerprint density at radius 3 is 2.11 bits per heavy atom. The molecule has 4 heteroatoms. The van der Waals surface area contributed by atoms with E-state index in [1.54, 1.807) is 24.4 Å². The molecule has 0 aliphatic heterocycles. The van der Waals surface area contributed by atoms with Crippen molar-refractivity contribution in [2.24, 2.45) is 5.41 Å². The molecular weight excluding hydrogens is 837 g/mol. The van der Waals surface area contributed by atoms with Gasteiger partial charge in [-0.1, -0.05) is 149 Å². The topological polar surface area (TPSA) is 38.9 Å². The average Bonchev–Trinajstić information content (AvgIpc) is 3.63. The minimum atomic E-state index is -2.18. The van der Waals surface area contributed by atoms with Crippen LogP contribution in [0.2, 0.25) is 0 Å². The summed E-state index contributed by atoms with van der Waals surface area (Å²) in [5.74, 6) is 0. The first-order chi connectivity index (χ1) is 28.7. The van der Waals surface area contributed by atoms with Crippen molar-refractivity contribution in [2.45, 2.75) is 60.1 Å². The molecule has 0 amide bonds. The first-order valence-electron chi connectivity index (χ1n) is 21.6. The van der Waals surface area contributed by atoms with E-state index in [-0.39, 0.29) is 36.6 Å². The zero-order chi connectivity index (χ0) is 44.0. The number of nitrogens with zero attached hydrogens (tertiary/aromatic N) is 2. The first-order valence-corrected chi connectivity index (χ1v) is 17.6. The number of fused-ring (bicyclic) bond motifs is 3. The van der Waals surface area contributed by atoms with E-state index in [2.05, 4.69) is 103 Å². The van der Waals surface area contributed by atoms with Gasteiger partial charge in [0, 0.05) is 59.8 Å². The van der Waals surface area contributed by atoms with Crippen LogP contribution in [0.3, 0.4) is 0 Å². The van der Waals surface area contributed by atoms with E-state index in [0.717, 1.165) is 27.5 Å². The molecular formula is C50H46IrN2O-2. The maximum atomic E-state index is 8.77. The van der Waals surface area contributed by atoms with Crippen LogP contribution in [-0.4, -0.2) is 9.97 Å². The summed E-state index contributed by atoms with van der Waals surface area (Å²) in [4.78, 5) is 8.69. The van der Waals surface area contributed by atoms with Gasteiger partial charge < -0.3 is 14.4 Å². The number of rotatable bonds is 6. The van der Waals surface area contributed by atoms with Gasteiger partial charge in [0.05, 0.1) is 5.58 Å². The van der Waals surface area contributed by atoms with Gasteiger partial charge in [0.25, 0.3) is 0 Å². The molecule has 0 saturated heterocycles. The number of hydrogen-bond donors (Lipinski definition) is 0. The number of para-hydroxylation sites is 1. The van der Waals surface area contributed by atoms with E-state index in [1.807, 2.05) is 45.0 Å². The van der Waals surface area contributed by atoms with Gasteiger partial charge in [-0.2, -0.15) is 0 Å². The number of benzene rings is 5. The van der Waals surface area contributed by atoms with Crippen LogP contribution in [0.1, 0.15) is 73.4 Å². The first kappa shape index (κ1) is 29.2. The van der Waals surface area contributed by atoms with Crippen molar-refractivity contribution in [1.82, 2.24) is 9.97 Å². The predicted molar refractivity (Wildman–Crippen MR) is 221 cm³/mol. The molecule has 0 fully saturated rings. The summed E-state index contributed by atoms with van der Waals surface area (Å²) >= 11 is 0. The van der Waals surface area contributed by atoms with Crippen LogP contribution in [0, 0.1) is 31.3 Å². The summed E-state index contributed by atoms with van der Waals surface area (Å²) < 4.78 is 67.9. The van der Waals surface area contributed by atoms with E-state index < -0.39 is 25.5 Å². The number of hydrogen-bond acceptors (Lipinski definition) is 3. The van der Waals surface area contributed by atoms with Crippen molar-refractivity contribution >= 4 is 21.9 Å². The minimum absolute atomic E-state index is 0. The second kappa shape index (κ2) is 16.1. The Kier molecular flexibility index (Phi) is 8.70. The fourth-order valence-electron chi connectivity index (χ4n) is 6.53. The van der Waals surface area contributed by atoms with E-state index >= 15 is 0 Å². The van der Waals surface area contributed by atoms with Gasteiger partial charge in [-0.25, -0.2) is 0 Å². The van der Waals surface area contributed by atoms with Crippen molar-refractivity contribution in [1.29, 1.82) is 0 Å². The van der Waals surface area contributed by atoms with Gasteiger partial charge in [-0.3, -0.25) is 0 Å². The zero-order valence-corrected chi connectivity index (χ0v) is 33.3. The monoisotopic (exact) mass is 891 g/mol. The fourth-order valence-corrected chi connectivity index (χ4v) is 6.53. The van der Waals surface area contributed by atoms with Crippen molar-refractivity contribution in [2.75, 3.05) is 0 Å². The van der Waals surface area contributed by atoms with E-state index in [1.165, 1.54) is 41.1 Å². The fraction of sp³-hybridized carbons (Fsp3) is 0.200. The standard InChI is InChI=1S/C37H34NO.C13H12N.Ir/c1-36(2,3)24-25-21-22-38-33(23-25)31-15-9-13-29-30-14-10-16-32(35(30)39-34(29)31)37(4,5)28-19-17-27(18-20-28)26-11-7-6-8-12-26;1-10-3-6-12(7-4-10)13-8-5-11(2)9-14-13;/h6-14,16-23H,24H2,1-5H3;3-6,8-9H,1-2H3;/q2*-1;/i24D2;1D3,2D3;. The summed E-state index contributed by atoms with van der Waals surface area (Å²) in [6.07, 6.45) is 1.45. The Bertz CT molecular complexity index is 2730. The molecule has 5 aromatic carbocycles. The van der Waals surface area contributed by atoms with Crippen molar-refractivity contribution < 1.29 is 35.5 Å². The Morgan fingerprint density at radius 1 is 0.685 bits per heavy atom. The molecule has 0 aliphatic carbocycles. The Morgan fingerprint density at radius 2 is 1.43 bits per heavy atom. The molecule has 1 radical (unpaired) electrons. The normalized spacial score (nSPS) is 14.5. The van der Waals surface area contributed by atoms with Crippen molar-refractivity contribution in [3.05, 3.63) is 180 Å². The van der Waals surface area contributed by atoms with Crippen molar-refractivity contribution in [3.8, 4) is 33.6 Å². The number of aromatic nitrogens is 2. The molecule has 8 rings (SSSR count). The molecule has 3 aromatic heterocycles. The molecule has 0 atom stereocenters. The third-order valence-electron chi connectivity index (χ3n) is 9.23. The minimum Gasteiger partial charge on any atom is -0.500 e. The summed E-state index contributed by atoms with van der Waals surface area (Å²) in [6.45, 7) is 5.87. The van der Waals surface area contributed by atoms with Crippen LogP contribution >= 0.6 is 0 Å². The van der Waals surface area contributed by atoms with Crippen LogP contribution in [-0.2, 0) is 31.9 Å². The molecule has 0 aliphatic rings. The Hall–Kier alpha value is -5.15. The van der Waals surface area contributed by atoms with Crippen molar-refractivity contribution in [3.63, 3.8) is 0 Å². The molecule has 0 bridgehead atoms. The molecule has 8 aromatic rings. The number of furan rings is 1. The molecule has 0 spiro atoms. The van der Waals surface area contributed by atoms with Gasteiger partial charge in [0.1, 0.15) is 5.58 Å².